The molecule has 2 aromatic heterocycles. The number of H-pyrrole nitrogens is 1. The van der Waals surface area contributed by atoms with E-state index in [9.17, 15) is 10.1 Å². The monoisotopic (exact) mass is 390 g/mol. The van der Waals surface area contributed by atoms with Gasteiger partial charge in [-0.3, -0.25) is 10.1 Å². The minimum atomic E-state index is -0.911. The van der Waals surface area contributed by atoms with Crippen LogP contribution in [-0.4, -0.2) is 15.9 Å². The van der Waals surface area contributed by atoms with Crippen molar-refractivity contribution in [2.75, 3.05) is 0 Å². The molecule has 2 aromatic carbocycles. The highest BCUT2D eigenvalue weighted by Gasteiger charge is 2.49. The molecule has 6 heteroatoms. The Morgan fingerprint density at radius 2 is 1.86 bits per heavy atom. The van der Waals surface area contributed by atoms with E-state index in [1.807, 2.05) is 73.0 Å². The Bertz CT molecular complexity index is 1170. The Morgan fingerprint density at radius 3 is 2.64 bits per heavy atom. The Hall–Kier alpha value is -3.12. The van der Waals surface area contributed by atoms with Gasteiger partial charge in [-0.1, -0.05) is 42.5 Å². The second-order valence-electron chi connectivity index (χ2n) is 7.05. The molecule has 0 fully saturated rings. The van der Waals surface area contributed by atoms with Gasteiger partial charge in [-0.2, -0.15) is 0 Å². The van der Waals surface area contributed by atoms with Crippen molar-refractivity contribution in [3.63, 3.8) is 0 Å². The average molecular weight is 390 g/mol. The summed E-state index contributed by atoms with van der Waals surface area (Å²) in [5.41, 5.74) is 3.80. The van der Waals surface area contributed by atoms with Crippen molar-refractivity contribution in [2.24, 2.45) is 0 Å². The van der Waals surface area contributed by atoms with Gasteiger partial charge < -0.3 is 9.72 Å². The first kappa shape index (κ1) is 17.0. The van der Waals surface area contributed by atoms with Crippen LogP contribution in [0.5, 0.6) is 5.75 Å². The zero-order valence-corrected chi connectivity index (χ0v) is 16.0. The summed E-state index contributed by atoms with van der Waals surface area (Å²) in [6.07, 6.45) is -0.622. The third kappa shape index (κ3) is 2.52. The molecule has 0 radical (unpaired) electrons. The number of nitro groups is 1. The molecule has 0 saturated carbocycles. The van der Waals surface area contributed by atoms with Crippen LogP contribution in [0.3, 0.4) is 0 Å². The Kier molecular flexibility index (Phi) is 3.94. The van der Waals surface area contributed by atoms with Gasteiger partial charge in [0.05, 0.1) is 10.8 Å². The maximum Gasteiger partial charge on any atom is 0.265 e. The van der Waals surface area contributed by atoms with Crippen LogP contribution in [0.25, 0.3) is 10.9 Å². The van der Waals surface area contributed by atoms with Crippen LogP contribution in [0.4, 0.5) is 0 Å². The molecule has 0 aliphatic carbocycles. The first-order chi connectivity index (χ1) is 13.6. The van der Waals surface area contributed by atoms with Gasteiger partial charge in [-0.15, -0.1) is 11.3 Å². The third-order valence-corrected chi connectivity index (χ3v) is 6.41. The molecule has 3 unspecified atom stereocenters. The molecule has 5 rings (SSSR count). The van der Waals surface area contributed by atoms with Gasteiger partial charge in [0.25, 0.3) is 6.04 Å². The maximum absolute atomic E-state index is 12.3. The summed E-state index contributed by atoms with van der Waals surface area (Å²) in [6.45, 7) is 1.99. The van der Waals surface area contributed by atoms with Crippen molar-refractivity contribution in [3.05, 3.63) is 97.9 Å². The van der Waals surface area contributed by atoms with E-state index < -0.39 is 18.1 Å². The van der Waals surface area contributed by atoms with E-state index in [0.29, 0.717) is 5.75 Å². The second kappa shape index (κ2) is 6.49. The number of fused-ring (bicyclic) bond motifs is 2. The number of rotatable bonds is 3. The zero-order valence-electron chi connectivity index (χ0n) is 15.2. The smallest absolute Gasteiger partial charge is 0.265 e. The lowest BCUT2D eigenvalue weighted by molar-refractivity contribution is -0.538. The fourth-order valence-corrected chi connectivity index (χ4v) is 5.14. The molecule has 4 aromatic rings. The standard InChI is InChI=1S/C22H18N2O3S/c1-13-19(14-7-2-4-9-16(14)23-13)20-15-8-3-5-10-17(15)27-22(21(20)24(25)26)18-11-6-12-28-18/h2-12,20-23H,1H3. The Morgan fingerprint density at radius 1 is 1.07 bits per heavy atom. The van der Waals surface area contributed by atoms with E-state index in [0.717, 1.165) is 32.6 Å². The molecular formula is C22H18N2O3S. The number of ether oxygens (including phenoxy) is 1. The minimum absolute atomic E-state index is 0.174. The second-order valence-corrected chi connectivity index (χ2v) is 8.03. The molecule has 28 heavy (non-hydrogen) atoms. The van der Waals surface area contributed by atoms with Crippen LogP contribution in [0.15, 0.2) is 66.0 Å². The number of aromatic nitrogens is 1. The van der Waals surface area contributed by atoms with Gasteiger partial charge in [0.1, 0.15) is 5.75 Å². The molecule has 3 atom stereocenters. The van der Waals surface area contributed by atoms with E-state index >= 15 is 0 Å². The fourth-order valence-electron chi connectivity index (χ4n) is 4.35. The number of thiophene rings is 1. The molecule has 1 N–H and O–H groups in total. The van der Waals surface area contributed by atoms with Crippen LogP contribution in [0.2, 0.25) is 0 Å². The molecule has 1 aliphatic heterocycles. The number of hydrogen-bond acceptors (Lipinski definition) is 4. The molecule has 3 heterocycles. The number of hydrogen-bond donors (Lipinski definition) is 1. The number of para-hydroxylation sites is 2. The average Bonchev–Trinajstić information content (AvgIpc) is 3.33. The molecule has 0 amide bonds. The van der Waals surface area contributed by atoms with Gasteiger partial charge in [-0.25, -0.2) is 0 Å². The molecule has 140 valence electrons. The van der Waals surface area contributed by atoms with E-state index in [1.54, 1.807) is 0 Å². The van der Waals surface area contributed by atoms with Crippen molar-refractivity contribution in [1.82, 2.24) is 4.98 Å². The number of benzene rings is 2. The molecule has 5 nitrogen and oxygen atoms in total. The SMILES string of the molecule is Cc1[nH]c2ccccc2c1C1c2ccccc2OC(c2cccs2)C1[N+](=O)[O-]. The van der Waals surface area contributed by atoms with E-state index in [1.165, 1.54) is 11.3 Å². The van der Waals surface area contributed by atoms with Crippen molar-refractivity contribution in [1.29, 1.82) is 0 Å². The normalized spacial score (nSPS) is 21.2. The summed E-state index contributed by atoms with van der Waals surface area (Å²) in [5, 5.41) is 15.3. The van der Waals surface area contributed by atoms with E-state index in [-0.39, 0.29) is 4.92 Å². The van der Waals surface area contributed by atoms with E-state index in [2.05, 4.69) is 4.98 Å². The maximum atomic E-state index is 12.3. The lowest BCUT2D eigenvalue weighted by Gasteiger charge is -2.34. The summed E-state index contributed by atoms with van der Waals surface area (Å²) in [4.78, 5) is 16.4. The number of aromatic amines is 1. The van der Waals surface area contributed by atoms with Crippen molar-refractivity contribution in [3.8, 4) is 5.75 Å². The summed E-state index contributed by atoms with van der Waals surface area (Å²) >= 11 is 1.50. The quantitative estimate of drug-likeness (QED) is 0.374. The molecular weight excluding hydrogens is 372 g/mol. The summed E-state index contributed by atoms with van der Waals surface area (Å²) in [5.74, 6) is 0.317. The molecule has 1 aliphatic rings. The van der Waals surface area contributed by atoms with Crippen molar-refractivity contribution in [2.45, 2.75) is 25.0 Å². The number of aryl methyl sites for hydroxylation is 1. The van der Waals surface area contributed by atoms with Gasteiger partial charge in [0.2, 0.25) is 6.10 Å². The highest BCUT2D eigenvalue weighted by Crippen LogP contribution is 2.49. The first-order valence-corrected chi connectivity index (χ1v) is 10.0. The minimum Gasteiger partial charge on any atom is -0.477 e. The van der Waals surface area contributed by atoms with Gasteiger partial charge in [0.15, 0.2) is 0 Å². The lowest BCUT2D eigenvalue weighted by Crippen LogP contribution is -2.40. The van der Waals surface area contributed by atoms with Crippen LogP contribution in [0, 0.1) is 17.0 Å². The van der Waals surface area contributed by atoms with Crippen LogP contribution < -0.4 is 4.74 Å². The Labute approximate surface area is 165 Å². The summed E-state index contributed by atoms with van der Waals surface area (Å²) in [7, 11) is 0. The molecule has 0 bridgehead atoms. The summed E-state index contributed by atoms with van der Waals surface area (Å²) < 4.78 is 6.19. The zero-order chi connectivity index (χ0) is 19.3. The lowest BCUT2D eigenvalue weighted by atomic mass is 9.79. The van der Waals surface area contributed by atoms with Crippen LogP contribution in [0.1, 0.15) is 33.7 Å². The highest BCUT2D eigenvalue weighted by molar-refractivity contribution is 7.10. The predicted molar refractivity (Wildman–Crippen MR) is 110 cm³/mol. The van der Waals surface area contributed by atoms with Crippen LogP contribution >= 0.6 is 11.3 Å². The predicted octanol–water partition coefficient (Wildman–Crippen LogP) is 5.45. The van der Waals surface area contributed by atoms with Gasteiger partial charge in [-0.05, 0) is 36.1 Å². The van der Waals surface area contributed by atoms with Gasteiger partial charge >= 0.3 is 0 Å². The Balaban J connectivity index is 1.80. The van der Waals surface area contributed by atoms with E-state index in [4.69, 9.17) is 4.74 Å². The van der Waals surface area contributed by atoms with Crippen LogP contribution in [-0.2, 0) is 0 Å². The van der Waals surface area contributed by atoms with Crippen molar-refractivity contribution >= 4 is 22.2 Å². The van der Waals surface area contributed by atoms with Gasteiger partial charge in [0, 0.05) is 27.1 Å². The molecule has 0 spiro atoms. The summed E-state index contributed by atoms with van der Waals surface area (Å²) in [6, 6.07) is 18.6. The number of nitrogens with zero attached hydrogens (tertiary/aromatic N) is 1. The number of nitrogens with one attached hydrogen (secondary N) is 1. The van der Waals surface area contributed by atoms with Crippen molar-refractivity contribution < 1.29 is 9.66 Å². The highest BCUT2D eigenvalue weighted by atomic mass is 32.1. The third-order valence-electron chi connectivity index (χ3n) is 5.48. The first-order valence-electron chi connectivity index (χ1n) is 9.15. The molecule has 0 saturated heterocycles. The topological polar surface area (TPSA) is 68.2 Å². The fraction of sp³-hybridized carbons (Fsp3) is 0.182. The largest absolute Gasteiger partial charge is 0.477 e.